The molecule has 1 fully saturated rings. The summed E-state index contributed by atoms with van der Waals surface area (Å²) < 4.78 is 40.8. The van der Waals surface area contributed by atoms with Crippen LogP contribution in [0.5, 0.6) is 0 Å². The topological polar surface area (TPSA) is 94.0 Å². The van der Waals surface area contributed by atoms with Crippen molar-refractivity contribution in [1.82, 2.24) is 14.4 Å². The predicted octanol–water partition coefficient (Wildman–Crippen LogP) is 2.41. The molecule has 0 bridgehead atoms. The second-order valence-corrected chi connectivity index (χ2v) is 9.62. The Morgan fingerprint density at radius 3 is 2.47 bits per heavy atom. The molecular formula is C22H23FN4O4S. The van der Waals surface area contributed by atoms with Crippen LogP contribution in [0, 0.1) is 5.82 Å². The zero-order valence-electron chi connectivity index (χ0n) is 17.2. The number of piperazine rings is 1. The van der Waals surface area contributed by atoms with Crippen molar-refractivity contribution in [1.29, 1.82) is 0 Å². The van der Waals surface area contributed by atoms with Gasteiger partial charge in [0.15, 0.2) is 0 Å². The van der Waals surface area contributed by atoms with Crippen molar-refractivity contribution in [3.63, 3.8) is 0 Å². The predicted molar refractivity (Wildman–Crippen MR) is 118 cm³/mol. The third-order valence-corrected chi connectivity index (χ3v) is 7.50. The molecule has 1 amide bonds. The highest BCUT2D eigenvalue weighted by molar-refractivity contribution is 7.89. The number of amides is 1. The zero-order valence-corrected chi connectivity index (χ0v) is 18.0. The summed E-state index contributed by atoms with van der Waals surface area (Å²) in [5.41, 5.74) is 1.98. The summed E-state index contributed by atoms with van der Waals surface area (Å²) in [4.78, 5) is 17.6. The Labute approximate surface area is 185 Å². The minimum Gasteiger partial charge on any atom is -0.369 e. The quantitative estimate of drug-likeness (QED) is 0.332. The highest BCUT2D eigenvalue weighted by atomic mass is 32.2. The number of sulfonamides is 1. The van der Waals surface area contributed by atoms with Gasteiger partial charge in [-0.05, 0) is 42.0 Å². The lowest BCUT2D eigenvalue weighted by Crippen LogP contribution is -2.50. The molecular weight excluding hydrogens is 435 g/mol. The number of hydroxylamine groups is 2. The first-order valence-electron chi connectivity index (χ1n) is 10.1. The van der Waals surface area contributed by atoms with Gasteiger partial charge in [-0.15, -0.1) is 0 Å². The maximum atomic E-state index is 13.2. The number of carbonyl (C=O) groups is 1. The number of nitrogens with zero attached hydrogens (tertiary/aromatic N) is 4. The number of halogens is 1. The summed E-state index contributed by atoms with van der Waals surface area (Å²) in [5.74, 6) is -0.799. The molecule has 168 valence electrons. The lowest BCUT2D eigenvalue weighted by atomic mass is 10.1. The van der Waals surface area contributed by atoms with Crippen molar-refractivity contribution in [2.45, 2.75) is 6.04 Å². The largest absolute Gasteiger partial charge is 0.369 e. The summed E-state index contributed by atoms with van der Waals surface area (Å²) in [6.45, 7) is 1.39. The number of hydrogen-bond acceptors (Lipinski definition) is 6. The standard InChI is InChI=1S/C22H23FN4O4S/c23-19-5-7-20(8-6-19)25-9-11-26(12-10-25)32(30,31)15-22(27(29)16-28)18-13-17-3-1-2-4-21(17)24-14-18/h1-8,13-14,16,22,29H,9-12,15H2. The molecule has 1 N–H and O–H groups in total. The van der Waals surface area contributed by atoms with Crippen molar-refractivity contribution >= 4 is 33.0 Å². The number of carbonyl (C=O) groups excluding carboxylic acids is 1. The molecule has 1 unspecified atom stereocenters. The minimum atomic E-state index is -3.79. The molecule has 1 aliphatic heterocycles. The Kier molecular flexibility index (Phi) is 6.35. The molecule has 2 heterocycles. The second kappa shape index (κ2) is 9.19. The third-order valence-electron chi connectivity index (χ3n) is 5.62. The van der Waals surface area contributed by atoms with Crippen molar-refractivity contribution < 1.29 is 22.8 Å². The Bertz CT molecular complexity index is 1200. The van der Waals surface area contributed by atoms with Crippen LogP contribution in [-0.4, -0.2) is 66.3 Å². The van der Waals surface area contributed by atoms with Crippen LogP contribution in [0.1, 0.15) is 11.6 Å². The average Bonchev–Trinajstić information content (AvgIpc) is 2.82. The van der Waals surface area contributed by atoms with E-state index < -0.39 is 21.8 Å². The first-order chi connectivity index (χ1) is 15.4. The van der Waals surface area contributed by atoms with E-state index in [-0.39, 0.29) is 25.3 Å². The first kappa shape index (κ1) is 22.1. The van der Waals surface area contributed by atoms with Crippen LogP contribution < -0.4 is 4.90 Å². The van der Waals surface area contributed by atoms with Gasteiger partial charge in [-0.1, -0.05) is 18.2 Å². The van der Waals surface area contributed by atoms with E-state index in [9.17, 15) is 22.8 Å². The maximum absolute atomic E-state index is 13.2. The summed E-state index contributed by atoms with van der Waals surface area (Å²) >= 11 is 0. The van der Waals surface area contributed by atoms with Crippen LogP contribution in [0.3, 0.4) is 0 Å². The van der Waals surface area contributed by atoms with Crippen LogP contribution >= 0.6 is 0 Å². The third kappa shape index (κ3) is 4.72. The van der Waals surface area contributed by atoms with Gasteiger partial charge in [-0.3, -0.25) is 15.0 Å². The van der Waals surface area contributed by atoms with Gasteiger partial charge in [-0.25, -0.2) is 17.9 Å². The van der Waals surface area contributed by atoms with Gasteiger partial charge in [0, 0.05) is 43.4 Å². The van der Waals surface area contributed by atoms with E-state index in [2.05, 4.69) is 4.98 Å². The number of para-hydroxylation sites is 1. The Morgan fingerprint density at radius 1 is 1.09 bits per heavy atom. The van der Waals surface area contributed by atoms with Gasteiger partial charge in [0.05, 0.1) is 11.3 Å². The monoisotopic (exact) mass is 458 g/mol. The number of hydrogen-bond donors (Lipinski definition) is 1. The fourth-order valence-corrected chi connectivity index (χ4v) is 5.53. The summed E-state index contributed by atoms with van der Waals surface area (Å²) in [7, 11) is -3.79. The highest BCUT2D eigenvalue weighted by Crippen LogP contribution is 2.25. The van der Waals surface area contributed by atoms with Crippen molar-refractivity contribution in [2.75, 3.05) is 36.8 Å². The maximum Gasteiger partial charge on any atom is 0.233 e. The van der Waals surface area contributed by atoms with Gasteiger partial charge >= 0.3 is 0 Å². The first-order valence-corrected chi connectivity index (χ1v) is 11.7. The molecule has 3 aromatic rings. The molecule has 4 rings (SSSR count). The number of aromatic nitrogens is 1. The van der Waals surface area contributed by atoms with Crippen molar-refractivity contribution in [2.24, 2.45) is 0 Å². The zero-order chi connectivity index (χ0) is 22.7. The van der Waals surface area contributed by atoms with E-state index in [1.54, 1.807) is 18.2 Å². The van der Waals surface area contributed by atoms with Gasteiger partial charge in [0.25, 0.3) is 0 Å². The van der Waals surface area contributed by atoms with Gasteiger partial charge in [-0.2, -0.15) is 4.31 Å². The van der Waals surface area contributed by atoms with Crippen LogP contribution in [0.2, 0.25) is 0 Å². The summed E-state index contributed by atoms with van der Waals surface area (Å²) in [6.07, 6.45) is 1.67. The second-order valence-electron chi connectivity index (χ2n) is 7.60. The normalized spacial score (nSPS) is 16.1. The van der Waals surface area contributed by atoms with E-state index in [0.717, 1.165) is 16.6 Å². The van der Waals surface area contributed by atoms with Gasteiger partial charge in [0.1, 0.15) is 11.9 Å². The molecule has 1 aromatic heterocycles. The molecule has 0 radical (unpaired) electrons. The lowest BCUT2D eigenvalue weighted by Gasteiger charge is -2.36. The lowest BCUT2D eigenvalue weighted by molar-refractivity contribution is -0.159. The van der Waals surface area contributed by atoms with Gasteiger partial charge < -0.3 is 4.90 Å². The summed E-state index contributed by atoms with van der Waals surface area (Å²) in [5, 5.41) is 11.3. The molecule has 0 saturated carbocycles. The van der Waals surface area contributed by atoms with Crippen LogP contribution in [-0.2, 0) is 14.8 Å². The van der Waals surface area contributed by atoms with E-state index in [1.807, 2.05) is 29.2 Å². The number of anilines is 1. The van der Waals surface area contributed by atoms with E-state index in [0.29, 0.717) is 23.7 Å². The molecule has 2 aromatic carbocycles. The van der Waals surface area contributed by atoms with Crippen LogP contribution in [0.15, 0.2) is 60.8 Å². The molecule has 10 heteroatoms. The van der Waals surface area contributed by atoms with Crippen LogP contribution in [0.4, 0.5) is 10.1 Å². The molecule has 0 spiro atoms. The fraction of sp³-hybridized carbons (Fsp3) is 0.273. The molecule has 1 atom stereocenters. The average molecular weight is 459 g/mol. The molecule has 1 aliphatic rings. The SMILES string of the molecule is O=CN(O)C(CS(=O)(=O)N1CCN(c2ccc(F)cc2)CC1)c1cnc2ccccc2c1. The molecule has 8 nitrogen and oxygen atoms in total. The molecule has 1 saturated heterocycles. The highest BCUT2D eigenvalue weighted by Gasteiger charge is 2.32. The Balaban J connectivity index is 1.50. The molecule has 0 aliphatic carbocycles. The van der Waals surface area contributed by atoms with Crippen LogP contribution in [0.25, 0.3) is 10.9 Å². The van der Waals surface area contributed by atoms with E-state index >= 15 is 0 Å². The number of fused-ring (bicyclic) bond motifs is 1. The molecule has 32 heavy (non-hydrogen) atoms. The Morgan fingerprint density at radius 2 is 1.78 bits per heavy atom. The van der Waals surface area contributed by atoms with Crippen molar-refractivity contribution in [3.05, 3.63) is 72.2 Å². The summed E-state index contributed by atoms with van der Waals surface area (Å²) in [6, 6.07) is 14.0. The number of benzene rings is 2. The number of rotatable bonds is 7. The fourth-order valence-electron chi connectivity index (χ4n) is 3.85. The number of pyridine rings is 1. The smallest absolute Gasteiger partial charge is 0.233 e. The Hall–Kier alpha value is -3.08. The van der Waals surface area contributed by atoms with E-state index in [4.69, 9.17) is 0 Å². The van der Waals surface area contributed by atoms with E-state index in [1.165, 1.54) is 22.6 Å². The minimum absolute atomic E-state index is 0.196. The van der Waals surface area contributed by atoms with Crippen molar-refractivity contribution in [3.8, 4) is 0 Å². The van der Waals surface area contributed by atoms with Gasteiger partial charge in [0.2, 0.25) is 16.4 Å².